The molecule has 1 aromatic rings. The van der Waals surface area contributed by atoms with E-state index < -0.39 is 0 Å². The topological polar surface area (TPSA) is 38.5 Å². The lowest BCUT2D eigenvalue weighted by atomic mass is 10.0. The molecule has 1 saturated heterocycles. The summed E-state index contributed by atoms with van der Waals surface area (Å²) in [5.41, 5.74) is 7.30. The average Bonchev–Trinajstić information content (AvgIpc) is 2.41. The van der Waals surface area contributed by atoms with Gasteiger partial charge in [-0.05, 0) is 31.5 Å². The number of anilines is 1. The summed E-state index contributed by atoms with van der Waals surface area (Å²) in [5.74, 6) is -0.153. The smallest absolute Gasteiger partial charge is 0.128 e. The Hall–Kier alpha value is -1.13. The fourth-order valence-corrected chi connectivity index (χ4v) is 2.52. The molecule has 1 aromatic carbocycles. The second kappa shape index (κ2) is 6.16. The number of nitrogens with two attached hydrogens (primary N) is 1. The Morgan fingerprint density at radius 3 is 3.06 bits per heavy atom. The SMILES string of the molecule is CCC1COCCN1c1cccc(F)c1CCN. The maximum absolute atomic E-state index is 13.9. The lowest BCUT2D eigenvalue weighted by molar-refractivity contribution is 0.0929. The first kappa shape index (κ1) is 13.3. The van der Waals surface area contributed by atoms with Crippen LogP contribution in [0.25, 0.3) is 0 Å². The van der Waals surface area contributed by atoms with E-state index >= 15 is 0 Å². The first-order valence-corrected chi connectivity index (χ1v) is 6.59. The van der Waals surface area contributed by atoms with Crippen molar-refractivity contribution in [2.75, 3.05) is 31.2 Å². The normalized spacial score (nSPS) is 20.2. The third-order valence-electron chi connectivity index (χ3n) is 3.50. The molecule has 100 valence electrons. The van der Waals surface area contributed by atoms with Crippen molar-refractivity contribution in [3.8, 4) is 0 Å². The summed E-state index contributed by atoms with van der Waals surface area (Å²) >= 11 is 0. The van der Waals surface area contributed by atoms with E-state index in [1.807, 2.05) is 6.07 Å². The van der Waals surface area contributed by atoms with E-state index in [4.69, 9.17) is 10.5 Å². The van der Waals surface area contributed by atoms with E-state index in [0.29, 0.717) is 25.6 Å². The summed E-state index contributed by atoms with van der Waals surface area (Å²) in [6.45, 7) is 4.84. The van der Waals surface area contributed by atoms with E-state index in [-0.39, 0.29) is 5.82 Å². The molecule has 1 heterocycles. The molecule has 0 radical (unpaired) electrons. The lowest BCUT2D eigenvalue weighted by Crippen LogP contribution is -2.45. The zero-order valence-electron chi connectivity index (χ0n) is 10.9. The zero-order valence-corrected chi connectivity index (χ0v) is 10.9. The summed E-state index contributed by atoms with van der Waals surface area (Å²) in [6.07, 6.45) is 1.58. The van der Waals surface area contributed by atoms with Crippen molar-refractivity contribution in [2.24, 2.45) is 5.73 Å². The van der Waals surface area contributed by atoms with Gasteiger partial charge in [-0.15, -0.1) is 0 Å². The predicted octanol–water partition coefficient (Wildman–Crippen LogP) is 1.94. The molecule has 0 saturated carbocycles. The van der Waals surface area contributed by atoms with Crippen LogP contribution < -0.4 is 10.6 Å². The highest BCUT2D eigenvalue weighted by Crippen LogP contribution is 2.27. The standard InChI is InChI=1S/C14H21FN2O/c1-2-11-10-18-9-8-17(11)14-5-3-4-13(15)12(14)6-7-16/h3-5,11H,2,6-10,16H2,1H3. The molecule has 0 bridgehead atoms. The highest BCUT2D eigenvalue weighted by molar-refractivity contribution is 5.55. The van der Waals surface area contributed by atoms with Gasteiger partial charge in [0, 0.05) is 17.8 Å². The number of hydrogen-bond donors (Lipinski definition) is 1. The zero-order chi connectivity index (χ0) is 13.0. The van der Waals surface area contributed by atoms with E-state index in [2.05, 4.69) is 11.8 Å². The first-order chi connectivity index (χ1) is 8.77. The number of rotatable bonds is 4. The van der Waals surface area contributed by atoms with Crippen LogP contribution >= 0.6 is 0 Å². The molecule has 1 atom stereocenters. The highest BCUT2D eigenvalue weighted by atomic mass is 19.1. The summed E-state index contributed by atoms with van der Waals surface area (Å²) in [7, 11) is 0. The van der Waals surface area contributed by atoms with Crippen molar-refractivity contribution >= 4 is 5.69 Å². The molecule has 0 amide bonds. The van der Waals surface area contributed by atoms with E-state index in [9.17, 15) is 4.39 Å². The number of benzene rings is 1. The van der Waals surface area contributed by atoms with Gasteiger partial charge in [-0.1, -0.05) is 13.0 Å². The molecule has 1 fully saturated rings. The van der Waals surface area contributed by atoms with Crippen LogP contribution in [0.1, 0.15) is 18.9 Å². The van der Waals surface area contributed by atoms with E-state index in [1.54, 1.807) is 6.07 Å². The fraction of sp³-hybridized carbons (Fsp3) is 0.571. The Morgan fingerprint density at radius 1 is 1.50 bits per heavy atom. The molecule has 0 aliphatic carbocycles. The van der Waals surface area contributed by atoms with Crippen LogP contribution in [0.4, 0.5) is 10.1 Å². The maximum atomic E-state index is 13.9. The van der Waals surface area contributed by atoms with Gasteiger partial charge in [0.15, 0.2) is 0 Å². The number of ether oxygens (including phenoxy) is 1. The summed E-state index contributed by atoms with van der Waals surface area (Å²) in [5, 5.41) is 0. The van der Waals surface area contributed by atoms with Crippen LogP contribution in [0.5, 0.6) is 0 Å². The molecule has 2 rings (SSSR count). The first-order valence-electron chi connectivity index (χ1n) is 6.59. The molecule has 1 aliphatic rings. The van der Waals surface area contributed by atoms with E-state index in [0.717, 1.165) is 30.8 Å². The summed E-state index contributed by atoms with van der Waals surface area (Å²) in [6, 6.07) is 5.60. The quantitative estimate of drug-likeness (QED) is 0.890. The number of hydrogen-bond acceptors (Lipinski definition) is 3. The molecule has 18 heavy (non-hydrogen) atoms. The second-order valence-corrected chi connectivity index (χ2v) is 4.61. The van der Waals surface area contributed by atoms with Gasteiger partial charge < -0.3 is 15.4 Å². The summed E-state index contributed by atoms with van der Waals surface area (Å²) in [4.78, 5) is 2.26. The Kier molecular flexibility index (Phi) is 4.55. The minimum absolute atomic E-state index is 0.153. The third kappa shape index (κ3) is 2.65. The van der Waals surface area contributed by atoms with Crippen molar-refractivity contribution in [3.05, 3.63) is 29.6 Å². The van der Waals surface area contributed by atoms with E-state index in [1.165, 1.54) is 6.07 Å². The van der Waals surface area contributed by atoms with Gasteiger partial charge in [0.05, 0.1) is 19.3 Å². The minimum Gasteiger partial charge on any atom is -0.377 e. The Balaban J connectivity index is 2.33. The highest BCUT2D eigenvalue weighted by Gasteiger charge is 2.24. The number of nitrogens with zero attached hydrogens (tertiary/aromatic N) is 1. The van der Waals surface area contributed by atoms with Gasteiger partial charge in [-0.3, -0.25) is 0 Å². The van der Waals surface area contributed by atoms with Crippen LogP contribution in [0.15, 0.2) is 18.2 Å². The maximum Gasteiger partial charge on any atom is 0.128 e. The van der Waals surface area contributed by atoms with Crippen LogP contribution in [-0.4, -0.2) is 32.3 Å². The Morgan fingerprint density at radius 2 is 2.33 bits per heavy atom. The van der Waals surface area contributed by atoms with Gasteiger partial charge in [0.1, 0.15) is 5.82 Å². The number of halogens is 1. The third-order valence-corrected chi connectivity index (χ3v) is 3.50. The van der Waals surface area contributed by atoms with Gasteiger partial charge in [0.2, 0.25) is 0 Å². The fourth-order valence-electron chi connectivity index (χ4n) is 2.52. The Bertz CT molecular complexity index is 397. The van der Waals surface area contributed by atoms with Crippen molar-refractivity contribution in [2.45, 2.75) is 25.8 Å². The van der Waals surface area contributed by atoms with Crippen LogP contribution in [0, 0.1) is 5.82 Å². The monoisotopic (exact) mass is 252 g/mol. The van der Waals surface area contributed by atoms with Crippen LogP contribution in [-0.2, 0) is 11.2 Å². The summed E-state index contributed by atoms with van der Waals surface area (Å²) < 4.78 is 19.4. The Labute approximate surface area is 108 Å². The molecule has 1 aliphatic heterocycles. The molecule has 3 nitrogen and oxygen atoms in total. The molecule has 0 spiro atoms. The molecule has 2 N–H and O–H groups in total. The molecular formula is C14H21FN2O. The van der Waals surface area contributed by atoms with Gasteiger partial charge in [-0.2, -0.15) is 0 Å². The molecular weight excluding hydrogens is 231 g/mol. The van der Waals surface area contributed by atoms with Crippen molar-refractivity contribution < 1.29 is 9.13 Å². The second-order valence-electron chi connectivity index (χ2n) is 4.61. The molecule has 1 unspecified atom stereocenters. The van der Waals surface area contributed by atoms with Crippen molar-refractivity contribution in [1.82, 2.24) is 0 Å². The lowest BCUT2D eigenvalue weighted by Gasteiger charge is -2.38. The van der Waals surface area contributed by atoms with Gasteiger partial charge in [-0.25, -0.2) is 4.39 Å². The van der Waals surface area contributed by atoms with Crippen molar-refractivity contribution in [1.29, 1.82) is 0 Å². The van der Waals surface area contributed by atoms with Crippen LogP contribution in [0.3, 0.4) is 0 Å². The van der Waals surface area contributed by atoms with Gasteiger partial charge >= 0.3 is 0 Å². The largest absolute Gasteiger partial charge is 0.377 e. The average molecular weight is 252 g/mol. The van der Waals surface area contributed by atoms with Gasteiger partial charge in [0.25, 0.3) is 0 Å². The molecule has 4 heteroatoms. The van der Waals surface area contributed by atoms with Crippen LogP contribution in [0.2, 0.25) is 0 Å². The predicted molar refractivity (Wildman–Crippen MR) is 71.4 cm³/mol. The van der Waals surface area contributed by atoms with Crippen molar-refractivity contribution in [3.63, 3.8) is 0 Å². The molecule has 0 aromatic heterocycles. The number of morpholine rings is 1. The minimum atomic E-state index is -0.153.